The third kappa shape index (κ3) is 3.76. The number of pyridine rings is 2. The Kier molecular flexibility index (Phi) is 4.52. The van der Waals surface area contributed by atoms with Crippen LogP contribution in [-0.4, -0.2) is 20.6 Å². The van der Waals surface area contributed by atoms with Gasteiger partial charge in [-0.3, -0.25) is 9.78 Å². The first-order chi connectivity index (χ1) is 11.6. The van der Waals surface area contributed by atoms with Gasteiger partial charge in [0.15, 0.2) is 0 Å². The Morgan fingerprint density at radius 2 is 1.75 bits per heavy atom. The summed E-state index contributed by atoms with van der Waals surface area (Å²) in [5, 5.41) is 9.01. The molecule has 120 valence electrons. The van der Waals surface area contributed by atoms with E-state index in [0.717, 1.165) is 16.7 Å². The summed E-state index contributed by atoms with van der Waals surface area (Å²) >= 11 is 0. The van der Waals surface area contributed by atoms with Crippen LogP contribution in [0.25, 0.3) is 0 Å². The lowest BCUT2D eigenvalue weighted by Gasteiger charge is -2.07. The van der Waals surface area contributed by atoms with Gasteiger partial charge < -0.3 is 9.67 Å². The van der Waals surface area contributed by atoms with Crippen molar-refractivity contribution in [2.75, 3.05) is 0 Å². The maximum absolute atomic E-state index is 11.7. The van der Waals surface area contributed by atoms with Gasteiger partial charge in [-0.2, -0.15) is 0 Å². The Bertz CT molecular complexity index is 914. The van der Waals surface area contributed by atoms with E-state index in [1.165, 1.54) is 12.3 Å². The highest BCUT2D eigenvalue weighted by molar-refractivity contribution is 5.87. The molecule has 0 aliphatic rings. The van der Waals surface area contributed by atoms with Gasteiger partial charge in [0.25, 0.3) is 5.56 Å². The molecule has 2 heterocycles. The average Bonchev–Trinajstić information content (AvgIpc) is 2.59. The summed E-state index contributed by atoms with van der Waals surface area (Å²) in [6, 6.07) is 14.6. The van der Waals surface area contributed by atoms with Crippen LogP contribution < -0.4 is 5.56 Å². The number of aromatic carboxylic acids is 1. The predicted molar refractivity (Wildman–Crippen MR) is 90.2 cm³/mol. The molecular weight excluding hydrogens is 304 g/mol. The molecule has 0 unspecified atom stereocenters. The number of hydrogen-bond acceptors (Lipinski definition) is 3. The fraction of sp³-hybridized carbons (Fsp3) is 0.105. The van der Waals surface area contributed by atoms with Gasteiger partial charge in [-0.1, -0.05) is 30.3 Å². The first-order valence-corrected chi connectivity index (χ1v) is 7.52. The molecule has 1 N–H and O–H groups in total. The third-order valence-corrected chi connectivity index (χ3v) is 3.72. The van der Waals surface area contributed by atoms with Crippen molar-refractivity contribution in [1.82, 2.24) is 9.55 Å². The molecule has 5 heteroatoms. The van der Waals surface area contributed by atoms with Gasteiger partial charge in [0.1, 0.15) is 0 Å². The van der Waals surface area contributed by atoms with Crippen molar-refractivity contribution in [3.05, 3.63) is 99.7 Å². The monoisotopic (exact) mass is 320 g/mol. The zero-order valence-corrected chi connectivity index (χ0v) is 12.9. The number of carboxylic acids is 1. The predicted octanol–water partition coefficient (Wildman–Crippen LogP) is 2.58. The highest BCUT2D eigenvalue weighted by atomic mass is 16.4. The molecule has 0 aliphatic carbocycles. The van der Waals surface area contributed by atoms with E-state index in [0.29, 0.717) is 13.0 Å². The van der Waals surface area contributed by atoms with Crippen molar-refractivity contribution in [1.29, 1.82) is 0 Å². The molecule has 1 aromatic carbocycles. The maximum Gasteiger partial charge on any atom is 0.337 e. The normalized spacial score (nSPS) is 10.5. The topological polar surface area (TPSA) is 72.2 Å². The SMILES string of the molecule is O=C(O)c1cncc(Cc2ccc(Cn3ccccc3=O)cc2)c1. The number of carbonyl (C=O) groups is 1. The van der Waals surface area contributed by atoms with Crippen molar-refractivity contribution < 1.29 is 9.90 Å². The molecule has 0 saturated heterocycles. The molecule has 0 spiro atoms. The van der Waals surface area contributed by atoms with Gasteiger partial charge in [-0.25, -0.2) is 4.79 Å². The fourth-order valence-corrected chi connectivity index (χ4v) is 2.49. The number of nitrogens with zero attached hydrogens (tertiary/aromatic N) is 2. The molecule has 0 bridgehead atoms. The van der Waals surface area contributed by atoms with E-state index >= 15 is 0 Å². The molecule has 0 amide bonds. The Morgan fingerprint density at radius 3 is 2.46 bits per heavy atom. The zero-order valence-electron chi connectivity index (χ0n) is 12.9. The molecular formula is C19H16N2O3. The molecule has 0 atom stereocenters. The summed E-state index contributed by atoms with van der Waals surface area (Å²) in [4.78, 5) is 26.7. The maximum atomic E-state index is 11.7. The lowest BCUT2D eigenvalue weighted by Crippen LogP contribution is -2.18. The van der Waals surface area contributed by atoms with E-state index in [9.17, 15) is 9.59 Å². The van der Waals surface area contributed by atoms with Crippen LogP contribution in [0, 0.1) is 0 Å². The van der Waals surface area contributed by atoms with E-state index in [-0.39, 0.29) is 11.1 Å². The van der Waals surface area contributed by atoms with Gasteiger partial charge in [0.2, 0.25) is 0 Å². The number of aromatic nitrogens is 2. The van der Waals surface area contributed by atoms with E-state index in [1.54, 1.807) is 29.1 Å². The van der Waals surface area contributed by atoms with Crippen LogP contribution >= 0.6 is 0 Å². The molecule has 0 saturated carbocycles. The third-order valence-electron chi connectivity index (χ3n) is 3.72. The Morgan fingerprint density at radius 1 is 1.00 bits per heavy atom. The van der Waals surface area contributed by atoms with Gasteiger partial charge in [0.05, 0.1) is 12.1 Å². The van der Waals surface area contributed by atoms with Crippen molar-refractivity contribution >= 4 is 5.97 Å². The van der Waals surface area contributed by atoms with Gasteiger partial charge in [-0.05, 0) is 35.2 Å². The quantitative estimate of drug-likeness (QED) is 0.784. The van der Waals surface area contributed by atoms with E-state index < -0.39 is 5.97 Å². The second-order valence-corrected chi connectivity index (χ2v) is 5.55. The second kappa shape index (κ2) is 6.91. The summed E-state index contributed by atoms with van der Waals surface area (Å²) < 4.78 is 1.65. The Labute approximate surface area is 138 Å². The van der Waals surface area contributed by atoms with Crippen LogP contribution in [0.2, 0.25) is 0 Å². The summed E-state index contributed by atoms with van der Waals surface area (Å²) in [7, 11) is 0. The van der Waals surface area contributed by atoms with Crippen molar-refractivity contribution in [2.45, 2.75) is 13.0 Å². The minimum absolute atomic E-state index is 0.0295. The van der Waals surface area contributed by atoms with Gasteiger partial charge in [-0.15, -0.1) is 0 Å². The van der Waals surface area contributed by atoms with Crippen LogP contribution in [0.1, 0.15) is 27.0 Å². The molecule has 3 rings (SSSR count). The summed E-state index contributed by atoms with van der Waals surface area (Å²) in [6.07, 6.45) is 5.38. The summed E-state index contributed by atoms with van der Waals surface area (Å²) in [6.45, 7) is 0.524. The molecule has 0 radical (unpaired) electrons. The molecule has 24 heavy (non-hydrogen) atoms. The number of hydrogen-bond donors (Lipinski definition) is 1. The number of carboxylic acid groups (broad SMARTS) is 1. The minimum Gasteiger partial charge on any atom is -0.478 e. The molecule has 5 nitrogen and oxygen atoms in total. The minimum atomic E-state index is -0.979. The van der Waals surface area contributed by atoms with Crippen molar-refractivity contribution in [3.63, 3.8) is 0 Å². The lowest BCUT2D eigenvalue weighted by atomic mass is 10.0. The van der Waals surface area contributed by atoms with Gasteiger partial charge >= 0.3 is 5.97 Å². The average molecular weight is 320 g/mol. The van der Waals surface area contributed by atoms with Crippen LogP contribution in [0.4, 0.5) is 0 Å². The van der Waals surface area contributed by atoms with Crippen molar-refractivity contribution in [2.24, 2.45) is 0 Å². The zero-order chi connectivity index (χ0) is 16.9. The van der Waals surface area contributed by atoms with E-state index in [1.807, 2.05) is 30.3 Å². The Hall–Kier alpha value is -3.21. The second-order valence-electron chi connectivity index (χ2n) is 5.55. The lowest BCUT2D eigenvalue weighted by molar-refractivity contribution is 0.0696. The Balaban J connectivity index is 1.73. The number of benzene rings is 1. The first kappa shape index (κ1) is 15.7. The largest absolute Gasteiger partial charge is 0.478 e. The van der Waals surface area contributed by atoms with Crippen molar-refractivity contribution in [3.8, 4) is 0 Å². The molecule has 3 aromatic rings. The van der Waals surface area contributed by atoms with Crippen LogP contribution in [-0.2, 0) is 13.0 Å². The fourth-order valence-electron chi connectivity index (χ4n) is 2.49. The molecule has 2 aromatic heterocycles. The highest BCUT2D eigenvalue weighted by Gasteiger charge is 2.05. The molecule has 0 fully saturated rings. The molecule has 0 aliphatic heterocycles. The van der Waals surface area contributed by atoms with Crippen LogP contribution in [0.5, 0.6) is 0 Å². The standard InChI is InChI=1S/C19H16N2O3/c22-18-3-1-2-8-21(18)13-15-6-4-14(5-7-15)9-16-10-17(19(23)24)12-20-11-16/h1-8,10-12H,9,13H2,(H,23,24). The number of rotatable bonds is 5. The smallest absolute Gasteiger partial charge is 0.337 e. The van der Waals surface area contributed by atoms with Crippen LogP contribution in [0.15, 0.2) is 71.9 Å². The van der Waals surface area contributed by atoms with Crippen LogP contribution in [0.3, 0.4) is 0 Å². The highest BCUT2D eigenvalue weighted by Crippen LogP contribution is 2.12. The summed E-state index contributed by atoms with van der Waals surface area (Å²) in [5.41, 5.74) is 3.10. The first-order valence-electron chi connectivity index (χ1n) is 7.52. The van der Waals surface area contributed by atoms with E-state index in [2.05, 4.69) is 4.98 Å². The summed E-state index contributed by atoms with van der Waals surface area (Å²) in [5.74, 6) is -0.979. The van der Waals surface area contributed by atoms with E-state index in [4.69, 9.17) is 5.11 Å². The van der Waals surface area contributed by atoms with Gasteiger partial charge in [0, 0.05) is 24.7 Å².